The van der Waals surface area contributed by atoms with E-state index >= 15 is 0 Å². The van der Waals surface area contributed by atoms with Crippen LogP contribution in [0.1, 0.15) is 51.3 Å². The van der Waals surface area contributed by atoms with Gasteiger partial charge < -0.3 is 4.74 Å². The highest BCUT2D eigenvalue weighted by Gasteiger charge is 2.44. The first-order chi connectivity index (χ1) is 9.57. The summed E-state index contributed by atoms with van der Waals surface area (Å²) in [5, 5.41) is 4.40. The van der Waals surface area contributed by atoms with Gasteiger partial charge in [0.15, 0.2) is 0 Å². The number of aromatic nitrogens is 2. The molecule has 0 amide bonds. The minimum absolute atomic E-state index is 0.0629. The van der Waals surface area contributed by atoms with Crippen LogP contribution in [0.15, 0.2) is 10.7 Å². The van der Waals surface area contributed by atoms with Crippen molar-refractivity contribution < 1.29 is 4.74 Å². The molecule has 1 aliphatic rings. The van der Waals surface area contributed by atoms with Crippen LogP contribution in [-0.2, 0) is 11.3 Å². The van der Waals surface area contributed by atoms with Gasteiger partial charge in [0.05, 0.1) is 28.0 Å². The lowest BCUT2D eigenvalue weighted by atomic mass is 9.74. The van der Waals surface area contributed by atoms with Crippen LogP contribution in [0.5, 0.6) is 0 Å². The quantitative estimate of drug-likeness (QED) is 0.636. The third-order valence-electron chi connectivity index (χ3n) is 4.50. The second-order valence-corrected chi connectivity index (χ2v) is 6.62. The summed E-state index contributed by atoms with van der Waals surface area (Å²) in [6, 6.07) is -0.0629. The molecule has 5 nitrogen and oxygen atoms in total. The van der Waals surface area contributed by atoms with Gasteiger partial charge in [-0.1, -0.05) is 19.8 Å². The van der Waals surface area contributed by atoms with E-state index in [-0.39, 0.29) is 11.6 Å². The number of ether oxygens (including phenoxy) is 1. The Morgan fingerprint density at radius 1 is 1.70 bits per heavy atom. The number of nitrogens with zero attached hydrogens (tertiary/aromatic N) is 2. The van der Waals surface area contributed by atoms with E-state index in [0.29, 0.717) is 5.92 Å². The Hall–Kier alpha value is -0.430. The summed E-state index contributed by atoms with van der Waals surface area (Å²) in [5.74, 6) is 6.55. The molecule has 1 fully saturated rings. The van der Waals surface area contributed by atoms with Gasteiger partial charge >= 0.3 is 0 Å². The first-order valence-electron chi connectivity index (χ1n) is 7.30. The Balaban J connectivity index is 2.41. The molecule has 0 radical (unpaired) electrons. The molecule has 2 rings (SSSR count). The third-order valence-corrected chi connectivity index (χ3v) is 5.11. The first-order valence-corrected chi connectivity index (χ1v) is 8.09. The van der Waals surface area contributed by atoms with Crippen LogP contribution < -0.4 is 11.3 Å². The van der Waals surface area contributed by atoms with Gasteiger partial charge in [-0.25, -0.2) is 5.43 Å². The van der Waals surface area contributed by atoms with Gasteiger partial charge in [-0.15, -0.1) is 0 Å². The summed E-state index contributed by atoms with van der Waals surface area (Å²) in [4.78, 5) is 0. The standard InChI is InChI=1S/C14H25BrN4O/c1-4-19-12(11(15)9-17-19)13(18-16)14(20-3)7-5-6-10(2)8-14/h9-10,13,18H,4-8,16H2,1-3H3. The lowest BCUT2D eigenvalue weighted by Crippen LogP contribution is -2.51. The van der Waals surface area contributed by atoms with Crippen LogP contribution in [0.25, 0.3) is 0 Å². The minimum atomic E-state index is -0.262. The molecule has 114 valence electrons. The van der Waals surface area contributed by atoms with Crippen molar-refractivity contribution in [2.24, 2.45) is 11.8 Å². The van der Waals surface area contributed by atoms with E-state index in [1.54, 1.807) is 7.11 Å². The van der Waals surface area contributed by atoms with Crippen molar-refractivity contribution in [3.05, 3.63) is 16.4 Å². The molecule has 0 aromatic carbocycles. The van der Waals surface area contributed by atoms with E-state index in [0.717, 1.165) is 29.6 Å². The Kier molecular flexibility index (Phi) is 5.23. The summed E-state index contributed by atoms with van der Waals surface area (Å²) < 4.78 is 8.94. The fourth-order valence-electron chi connectivity index (χ4n) is 3.50. The molecule has 1 aliphatic carbocycles. The Morgan fingerprint density at radius 2 is 2.45 bits per heavy atom. The van der Waals surface area contributed by atoms with E-state index < -0.39 is 0 Å². The van der Waals surface area contributed by atoms with E-state index in [1.165, 1.54) is 12.8 Å². The lowest BCUT2D eigenvalue weighted by molar-refractivity contribution is -0.0825. The van der Waals surface area contributed by atoms with E-state index in [1.807, 2.05) is 10.9 Å². The van der Waals surface area contributed by atoms with Crippen LogP contribution in [-0.4, -0.2) is 22.5 Å². The van der Waals surface area contributed by atoms with E-state index in [2.05, 4.69) is 40.3 Å². The van der Waals surface area contributed by atoms with Crippen LogP contribution in [0.4, 0.5) is 0 Å². The van der Waals surface area contributed by atoms with Gasteiger partial charge in [0.2, 0.25) is 0 Å². The van der Waals surface area contributed by atoms with Crippen molar-refractivity contribution in [1.82, 2.24) is 15.2 Å². The Morgan fingerprint density at radius 3 is 3.00 bits per heavy atom. The Labute approximate surface area is 129 Å². The summed E-state index contributed by atoms with van der Waals surface area (Å²) in [6.45, 7) is 5.18. The number of rotatable bonds is 5. The predicted octanol–water partition coefficient (Wildman–Crippen LogP) is 2.77. The highest BCUT2D eigenvalue weighted by molar-refractivity contribution is 9.10. The molecule has 1 saturated carbocycles. The third kappa shape index (κ3) is 2.79. The summed E-state index contributed by atoms with van der Waals surface area (Å²) in [6.07, 6.45) is 6.30. The molecule has 3 atom stereocenters. The second kappa shape index (κ2) is 6.56. The molecule has 20 heavy (non-hydrogen) atoms. The molecule has 3 N–H and O–H groups in total. The van der Waals surface area contributed by atoms with Crippen molar-refractivity contribution in [3.8, 4) is 0 Å². The van der Waals surface area contributed by atoms with Gasteiger partial charge in [-0.05, 0) is 41.6 Å². The van der Waals surface area contributed by atoms with Crippen molar-refractivity contribution in [2.75, 3.05) is 7.11 Å². The maximum atomic E-state index is 5.98. The highest BCUT2D eigenvalue weighted by Crippen LogP contribution is 2.44. The van der Waals surface area contributed by atoms with Crippen LogP contribution in [0.3, 0.4) is 0 Å². The highest BCUT2D eigenvalue weighted by atomic mass is 79.9. The molecule has 1 heterocycles. The van der Waals surface area contributed by atoms with Gasteiger partial charge in [0.1, 0.15) is 0 Å². The van der Waals surface area contributed by atoms with Gasteiger partial charge in [0, 0.05) is 13.7 Å². The van der Waals surface area contributed by atoms with Crippen LogP contribution >= 0.6 is 15.9 Å². The van der Waals surface area contributed by atoms with Crippen molar-refractivity contribution in [2.45, 2.75) is 57.7 Å². The number of hydrogen-bond donors (Lipinski definition) is 2. The molecule has 6 heteroatoms. The Bertz CT molecular complexity index is 450. The van der Waals surface area contributed by atoms with Crippen molar-refractivity contribution in [1.29, 1.82) is 0 Å². The molecular weight excluding hydrogens is 320 g/mol. The van der Waals surface area contributed by atoms with Crippen LogP contribution in [0.2, 0.25) is 0 Å². The average molecular weight is 345 g/mol. The van der Waals surface area contributed by atoms with Gasteiger partial charge in [0.25, 0.3) is 0 Å². The number of aryl methyl sites for hydroxylation is 1. The number of nitrogens with two attached hydrogens (primary N) is 1. The van der Waals surface area contributed by atoms with Crippen molar-refractivity contribution in [3.63, 3.8) is 0 Å². The largest absolute Gasteiger partial charge is 0.376 e. The fourth-order valence-corrected chi connectivity index (χ4v) is 4.03. The number of hydrazine groups is 1. The van der Waals surface area contributed by atoms with E-state index in [4.69, 9.17) is 10.6 Å². The smallest absolute Gasteiger partial charge is 0.0929 e. The molecule has 0 spiro atoms. The fraction of sp³-hybridized carbons (Fsp3) is 0.786. The molecular formula is C14H25BrN4O. The predicted molar refractivity (Wildman–Crippen MR) is 83.0 cm³/mol. The van der Waals surface area contributed by atoms with Gasteiger partial charge in [-0.3, -0.25) is 10.5 Å². The number of hydrogen-bond acceptors (Lipinski definition) is 4. The molecule has 0 bridgehead atoms. The zero-order valence-electron chi connectivity index (χ0n) is 12.5. The normalized spacial score (nSPS) is 28.6. The monoisotopic (exact) mass is 344 g/mol. The molecule has 0 aliphatic heterocycles. The molecule has 3 unspecified atom stereocenters. The summed E-state index contributed by atoms with van der Waals surface area (Å²) in [5.41, 5.74) is 3.80. The zero-order valence-corrected chi connectivity index (χ0v) is 14.1. The summed E-state index contributed by atoms with van der Waals surface area (Å²) in [7, 11) is 1.79. The van der Waals surface area contributed by atoms with Crippen molar-refractivity contribution >= 4 is 15.9 Å². The maximum absolute atomic E-state index is 5.98. The van der Waals surface area contributed by atoms with Gasteiger partial charge in [-0.2, -0.15) is 5.10 Å². The molecule has 0 saturated heterocycles. The minimum Gasteiger partial charge on any atom is -0.376 e. The number of nitrogens with one attached hydrogen (secondary N) is 1. The maximum Gasteiger partial charge on any atom is 0.0929 e. The summed E-state index contributed by atoms with van der Waals surface area (Å²) >= 11 is 3.60. The zero-order chi connectivity index (χ0) is 14.8. The molecule has 1 aromatic rings. The molecule has 1 aromatic heterocycles. The average Bonchev–Trinajstić information content (AvgIpc) is 2.81. The lowest BCUT2D eigenvalue weighted by Gasteiger charge is -2.44. The SMILES string of the molecule is CCn1ncc(Br)c1C(NN)C1(OC)CCCC(C)C1. The second-order valence-electron chi connectivity index (χ2n) is 5.76. The topological polar surface area (TPSA) is 65.1 Å². The van der Waals surface area contributed by atoms with E-state index in [9.17, 15) is 0 Å². The number of methoxy groups -OCH3 is 1. The first kappa shape index (κ1) is 15.9. The number of halogens is 1. The van der Waals surface area contributed by atoms with Crippen LogP contribution in [0, 0.1) is 5.92 Å².